The third-order valence-corrected chi connectivity index (χ3v) is 4.22. The summed E-state index contributed by atoms with van der Waals surface area (Å²) in [6.07, 6.45) is 2.86. The molecule has 5 heteroatoms. The smallest absolute Gasteiger partial charge is 0.242 e. The molecule has 0 bridgehead atoms. The minimum atomic E-state index is -3.37. The van der Waals surface area contributed by atoms with Crippen molar-refractivity contribution in [3.05, 3.63) is 24.3 Å². The number of anilines is 1. The second-order valence-corrected chi connectivity index (χ2v) is 6.00. The molecule has 1 aromatic rings. The van der Waals surface area contributed by atoms with E-state index in [0.29, 0.717) is 10.6 Å². The summed E-state index contributed by atoms with van der Waals surface area (Å²) in [5.41, 5.74) is 0.683. The van der Waals surface area contributed by atoms with Crippen LogP contribution in [0.4, 0.5) is 5.69 Å². The first kappa shape index (κ1) is 12.4. The summed E-state index contributed by atoms with van der Waals surface area (Å²) in [5, 5.41) is 3.14. The Labute approximate surface area is 102 Å². The molecule has 1 aliphatic rings. The third kappa shape index (κ3) is 3.20. The Bertz CT molecular complexity index is 481. The molecule has 1 aliphatic carbocycles. The van der Waals surface area contributed by atoms with Crippen molar-refractivity contribution in [1.82, 2.24) is 4.72 Å². The van der Waals surface area contributed by atoms with Gasteiger partial charge in [-0.3, -0.25) is 0 Å². The van der Waals surface area contributed by atoms with Crippen LogP contribution in [0.5, 0.6) is 0 Å². The molecule has 0 spiro atoms. The van der Waals surface area contributed by atoms with Gasteiger partial charge in [0, 0.05) is 12.6 Å². The summed E-state index contributed by atoms with van der Waals surface area (Å²) in [6.45, 7) is 2.82. The van der Waals surface area contributed by atoms with E-state index in [2.05, 4.69) is 10.0 Å². The standard InChI is InChI=1S/C12H18N2O2S/c1-2-9-13-11-5-3-4-6-12(11)17(15,16)14-10-7-8-10/h3-6,10,13-14H,2,7-9H2,1H3. The predicted octanol–water partition coefficient (Wildman–Crippen LogP) is 1.95. The molecule has 0 radical (unpaired) electrons. The first-order valence-electron chi connectivity index (χ1n) is 5.98. The zero-order chi connectivity index (χ0) is 12.3. The second kappa shape index (κ2) is 5.06. The monoisotopic (exact) mass is 254 g/mol. The third-order valence-electron chi connectivity index (χ3n) is 2.64. The Hall–Kier alpha value is -1.07. The molecule has 0 atom stereocenters. The Morgan fingerprint density at radius 3 is 2.65 bits per heavy atom. The summed E-state index contributed by atoms with van der Waals surface area (Å²) in [7, 11) is -3.37. The Morgan fingerprint density at radius 2 is 2.00 bits per heavy atom. The summed E-state index contributed by atoms with van der Waals surface area (Å²) in [6, 6.07) is 7.17. The fourth-order valence-electron chi connectivity index (χ4n) is 1.59. The van der Waals surface area contributed by atoms with Crippen LogP contribution in [0.2, 0.25) is 0 Å². The quantitative estimate of drug-likeness (QED) is 0.815. The zero-order valence-corrected chi connectivity index (χ0v) is 10.8. The highest BCUT2D eigenvalue weighted by molar-refractivity contribution is 7.89. The van der Waals surface area contributed by atoms with Gasteiger partial charge in [0.1, 0.15) is 4.90 Å². The number of nitrogens with one attached hydrogen (secondary N) is 2. The van der Waals surface area contributed by atoms with Crippen molar-refractivity contribution < 1.29 is 8.42 Å². The van der Waals surface area contributed by atoms with E-state index in [4.69, 9.17) is 0 Å². The largest absolute Gasteiger partial charge is 0.384 e. The van der Waals surface area contributed by atoms with E-state index >= 15 is 0 Å². The van der Waals surface area contributed by atoms with Crippen LogP contribution in [0, 0.1) is 0 Å². The molecule has 0 unspecified atom stereocenters. The van der Waals surface area contributed by atoms with Crippen LogP contribution in [-0.4, -0.2) is 21.0 Å². The van der Waals surface area contributed by atoms with Crippen LogP contribution in [-0.2, 0) is 10.0 Å². The molecule has 1 aromatic carbocycles. The minimum Gasteiger partial charge on any atom is -0.384 e. The Morgan fingerprint density at radius 1 is 1.29 bits per heavy atom. The highest BCUT2D eigenvalue weighted by Gasteiger charge is 2.29. The van der Waals surface area contributed by atoms with Crippen molar-refractivity contribution in [1.29, 1.82) is 0 Å². The minimum absolute atomic E-state index is 0.138. The van der Waals surface area contributed by atoms with Crippen LogP contribution in [0.1, 0.15) is 26.2 Å². The van der Waals surface area contributed by atoms with Crippen molar-refractivity contribution in [2.24, 2.45) is 0 Å². The van der Waals surface area contributed by atoms with Gasteiger partial charge in [0.05, 0.1) is 5.69 Å². The molecule has 0 heterocycles. The highest BCUT2D eigenvalue weighted by Crippen LogP contribution is 2.25. The topological polar surface area (TPSA) is 58.2 Å². The van der Waals surface area contributed by atoms with Crippen molar-refractivity contribution in [2.45, 2.75) is 37.1 Å². The molecular weight excluding hydrogens is 236 g/mol. The van der Waals surface area contributed by atoms with E-state index in [1.165, 1.54) is 0 Å². The van der Waals surface area contributed by atoms with Gasteiger partial charge < -0.3 is 5.32 Å². The number of benzene rings is 1. The van der Waals surface area contributed by atoms with Crippen LogP contribution in [0.15, 0.2) is 29.2 Å². The number of hydrogen-bond acceptors (Lipinski definition) is 3. The van der Waals surface area contributed by atoms with E-state index in [1.807, 2.05) is 13.0 Å². The summed E-state index contributed by atoms with van der Waals surface area (Å²) in [5.74, 6) is 0. The molecule has 0 aromatic heterocycles. The number of sulfonamides is 1. The van der Waals surface area contributed by atoms with Crippen molar-refractivity contribution in [2.75, 3.05) is 11.9 Å². The van der Waals surface area contributed by atoms with E-state index in [-0.39, 0.29) is 6.04 Å². The number of rotatable bonds is 6. The fraction of sp³-hybridized carbons (Fsp3) is 0.500. The van der Waals surface area contributed by atoms with Crippen molar-refractivity contribution >= 4 is 15.7 Å². The first-order chi connectivity index (χ1) is 8.13. The zero-order valence-electron chi connectivity index (χ0n) is 9.94. The maximum atomic E-state index is 12.1. The molecule has 17 heavy (non-hydrogen) atoms. The van der Waals surface area contributed by atoms with E-state index in [0.717, 1.165) is 25.8 Å². The second-order valence-electron chi connectivity index (χ2n) is 4.32. The lowest BCUT2D eigenvalue weighted by atomic mass is 10.3. The molecule has 0 aliphatic heterocycles. The van der Waals surface area contributed by atoms with Gasteiger partial charge in [0.15, 0.2) is 0 Å². The fourth-order valence-corrected chi connectivity index (χ4v) is 3.08. The lowest BCUT2D eigenvalue weighted by Gasteiger charge is -2.12. The lowest BCUT2D eigenvalue weighted by molar-refractivity contribution is 0.581. The van der Waals surface area contributed by atoms with Crippen LogP contribution in [0.3, 0.4) is 0 Å². The van der Waals surface area contributed by atoms with Crippen molar-refractivity contribution in [3.8, 4) is 0 Å². The van der Waals surface area contributed by atoms with Gasteiger partial charge in [0.25, 0.3) is 0 Å². The number of para-hydroxylation sites is 1. The van der Waals surface area contributed by atoms with Crippen LogP contribution >= 0.6 is 0 Å². The Balaban J connectivity index is 2.23. The highest BCUT2D eigenvalue weighted by atomic mass is 32.2. The van der Waals surface area contributed by atoms with Crippen LogP contribution < -0.4 is 10.0 Å². The predicted molar refractivity (Wildman–Crippen MR) is 68.6 cm³/mol. The molecule has 2 N–H and O–H groups in total. The molecular formula is C12H18N2O2S. The molecule has 1 fully saturated rings. The summed E-state index contributed by atoms with van der Waals surface area (Å²) < 4.78 is 26.9. The van der Waals surface area contributed by atoms with E-state index in [9.17, 15) is 8.42 Å². The van der Waals surface area contributed by atoms with E-state index in [1.54, 1.807) is 18.2 Å². The van der Waals surface area contributed by atoms with Gasteiger partial charge >= 0.3 is 0 Å². The van der Waals surface area contributed by atoms with Gasteiger partial charge in [-0.15, -0.1) is 0 Å². The lowest BCUT2D eigenvalue weighted by Crippen LogP contribution is -2.26. The SMILES string of the molecule is CCCNc1ccccc1S(=O)(=O)NC1CC1. The maximum Gasteiger partial charge on any atom is 0.242 e. The van der Waals surface area contributed by atoms with Crippen LogP contribution in [0.25, 0.3) is 0 Å². The normalized spacial score (nSPS) is 15.8. The molecule has 94 valence electrons. The average molecular weight is 254 g/mol. The molecule has 2 rings (SSSR count). The van der Waals surface area contributed by atoms with Gasteiger partial charge in [0.2, 0.25) is 10.0 Å². The molecule has 0 amide bonds. The number of hydrogen-bond donors (Lipinski definition) is 2. The maximum absolute atomic E-state index is 12.1. The Kier molecular flexibility index (Phi) is 3.69. The van der Waals surface area contributed by atoms with Gasteiger partial charge in [-0.1, -0.05) is 19.1 Å². The van der Waals surface area contributed by atoms with E-state index < -0.39 is 10.0 Å². The van der Waals surface area contributed by atoms with Gasteiger partial charge in [-0.2, -0.15) is 0 Å². The summed E-state index contributed by atoms with van der Waals surface area (Å²) in [4.78, 5) is 0.348. The molecule has 0 saturated heterocycles. The average Bonchev–Trinajstić information content (AvgIpc) is 3.10. The summed E-state index contributed by atoms with van der Waals surface area (Å²) >= 11 is 0. The molecule has 4 nitrogen and oxygen atoms in total. The molecule has 1 saturated carbocycles. The van der Waals surface area contributed by atoms with Gasteiger partial charge in [-0.05, 0) is 31.4 Å². The first-order valence-corrected chi connectivity index (χ1v) is 7.47. The van der Waals surface area contributed by atoms with Gasteiger partial charge in [-0.25, -0.2) is 13.1 Å². The van der Waals surface area contributed by atoms with Crippen molar-refractivity contribution in [3.63, 3.8) is 0 Å².